The van der Waals surface area contributed by atoms with Crippen molar-refractivity contribution in [2.24, 2.45) is 0 Å². The normalized spacial score (nSPS) is 12.3. The van der Waals surface area contributed by atoms with Crippen molar-refractivity contribution in [1.29, 1.82) is 0 Å². The minimum Gasteiger partial charge on any atom is -0.481 e. The fourth-order valence-corrected chi connectivity index (χ4v) is 1.89. The molecular formula is C16H28N2O7. The maximum Gasteiger partial charge on any atom is 0.408 e. The van der Waals surface area contributed by atoms with Gasteiger partial charge in [0, 0.05) is 6.04 Å². The number of alkyl carbamates (subject to hydrolysis) is 1. The second-order valence-electron chi connectivity index (χ2n) is 6.66. The maximum atomic E-state index is 12.6. The first-order valence-electron chi connectivity index (χ1n) is 8.04. The summed E-state index contributed by atoms with van der Waals surface area (Å²) < 4.78 is 9.87. The average molecular weight is 360 g/mol. The van der Waals surface area contributed by atoms with Gasteiger partial charge in [0.2, 0.25) is 5.91 Å². The van der Waals surface area contributed by atoms with Gasteiger partial charge in [-0.15, -0.1) is 0 Å². The van der Waals surface area contributed by atoms with Gasteiger partial charge in [-0.05, 0) is 41.5 Å². The molecule has 0 aromatic heterocycles. The molecule has 2 N–H and O–H groups in total. The molecule has 0 unspecified atom stereocenters. The molecule has 9 heteroatoms. The van der Waals surface area contributed by atoms with Crippen LogP contribution in [0.15, 0.2) is 0 Å². The van der Waals surface area contributed by atoms with E-state index >= 15 is 0 Å². The van der Waals surface area contributed by atoms with Crippen molar-refractivity contribution in [2.75, 3.05) is 13.2 Å². The lowest BCUT2D eigenvalue weighted by molar-refractivity contribution is -0.151. The number of carbonyl (C=O) groups excluding carboxylic acids is 3. The van der Waals surface area contributed by atoms with Gasteiger partial charge in [-0.1, -0.05) is 0 Å². The first-order valence-corrected chi connectivity index (χ1v) is 8.04. The van der Waals surface area contributed by atoms with E-state index in [9.17, 15) is 19.2 Å². The fourth-order valence-electron chi connectivity index (χ4n) is 1.89. The lowest BCUT2D eigenvalue weighted by Crippen LogP contribution is -2.53. The molecule has 1 atom stereocenters. The Morgan fingerprint density at radius 2 is 1.72 bits per heavy atom. The quantitative estimate of drug-likeness (QED) is 0.623. The van der Waals surface area contributed by atoms with Crippen LogP contribution in [0.4, 0.5) is 4.79 Å². The van der Waals surface area contributed by atoms with E-state index in [1.807, 2.05) is 0 Å². The summed E-state index contributed by atoms with van der Waals surface area (Å²) in [6.07, 6.45) is -1.55. The summed E-state index contributed by atoms with van der Waals surface area (Å²) in [6.45, 7) is 9.72. The highest BCUT2D eigenvalue weighted by Gasteiger charge is 2.32. The Morgan fingerprint density at radius 3 is 2.12 bits per heavy atom. The van der Waals surface area contributed by atoms with Gasteiger partial charge >= 0.3 is 18.0 Å². The summed E-state index contributed by atoms with van der Waals surface area (Å²) >= 11 is 0. The zero-order valence-corrected chi connectivity index (χ0v) is 15.6. The van der Waals surface area contributed by atoms with Gasteiger partial charge in [0.25, 0.3) is 0 Å². The number of hydrogen-bond acceptors (Lipinski definition) is 6. The first-order chi connectivity index (χ1) is 11.4. The summed E-state index contributed by atoms with van der Waals surface area (Å²) in [5.41, 5.74) is -0.802. The van der Waals surface area contributed by atoms with Crippen LogP contribution in [0.1, 0.15) is 48.0 Å². The van der Waals surface area contributed by atoms with Gasteiger partial charge in [-0.2, -0.15) is 0 Å². The third-order valence-corrected chi connectivity index (χ3v) is 2.88. The average Bonchev–Trinajstić information content (AvgIpc) is 2.40. The standard InChI is InChI=1S/C16H28N2O7/c1-7-24-13(21)9-18(10(2)3)14(22)11(8-12(19)20)17-15(23)25-16(4,5)6/h10-11H,7-9H2,1-6H3,(H,17,23)(H,19,20)/t11-/m0/s1. The lowest BCUT2D eigenvalue weighted by atomic mass is 10.1. The van der Waals surface area contributed by atoms with Crippen molar-refractivity contribution in [1.82, 2.24) is 10.2 Å². The number of carboxylic acid groups (broad SMARTS) is 1. The molecule has 0 radical (unpaired) electrons. The van der Waals surface area contributed by atoms with E-state index in [-0.39, 0.29) is 13.2 Å². The molecule has 0 fully saturated rings. The largest absolute Gasteiger partial charge is 0.481 e. The van der Waals surface area contributed by atoms with Crippen LogP contribution in [-0.2, 0) is 23.9 Å². The van der Waals surface area contributed by atoms with Gasteiger partial charge in [0.1, 0.15) is 18.2 Å². The Balaban J connectivity index is 5.25. The van der Waals surface area contributed by atoms with E-state index < -0.39 is 48.0 Å². The number of amides is 2. The molecular weight excluding hydrogens is 332 g/mol. The predicted octanol–water partition coefficient (Wildman–Crippen LogP) is 1.15. The zero-order chi connectivity index (χ0) is 19.8. The number of nitrogens with zero attached hydrogens (tertiary/aromatic N) is 1. The van der Waals surface area contributed by atoms with E-state index in [2.05, 4.69) is 5.32 Å². The summed E-state index contributed by atoms with van der Waals surface area (Å²) in [7, 11) is 0. The van der Waals surface area contributed by atoms with Crippen LogP contribution in [0.2, 0.25) is 0 Å². The van der Waals surface area contributed by atoms with Crippen LogP contribution in [0, 0.1) is 0 Å². The lowest BCUT2D eigenvalue weighted by Gasteiger charge is -2.30. The third kappa shape index (κ3) is 9.53. The van der Waals surface area contributed by atoms with Crippen LogP contribution in [0.25, 0.3) is 0 Å². The van der Waals surface area contributed by atoms with Crippen molar-refractivity contribution >= 4 is 23.9 Å². The number of carboxylic acids is 1. The van der Waals surface area contributed by atoms with Gasteiger partial charge < -0.3 is 24.8 Å². The van der Waals surface area contributed by atoms with Crippen molar-refractivity contribution in [3.63, 3.8) is 0 Å². The molecule has 0 aliphatic heterocycles. The Morgan fingerprint density at radius 1 is 1.16 bits per heavy atom. The highest BCUT2D eigenvalue weighted by atomic mass is 16.6. The molecule has 0 heterocycles. The first kappa shape index (κ1) is 22.7. The number of nitrogens with one attached hydrogen (secondary N) is 1. The highest BCUT2D eigenvalue weighted by molar-refractivity contribution is 5.91. The SMILES string of the molecule is CCOC(=O)CN(C(=O)[C@H](CC(=O)O)NC(=O)OC(C)(C)C)C(C)C. The smallest absolute Gasteiger partial charge is 0.408 e. The number of rotatable bonds is 8. The number of aliphatic carboxylic acids is 1. The van der Waals surface area contributed by atoms with Crippen LogP contribution < -0.4 is 5.32 Å². The van der Waals surface area contributed by atoms with Crippen molar-refractivity contribution in [3.8, 4) is 0 Å². The van der Waals surface area contributed by atoms with E-state index in [4.69, 9.17) is 14.6 Å². The van der Waals surface area contributed by atoms with E-state index in [0.29, 0.717) is 0 Å². The van der Waals surface area contributed by atoms with Crippen LogP contribution in [0.5, 0.6) is 0 Å². The Hall–Kier alpha value is -2.32. The number of hydrogen-bond donors (Lipinski definition) is 2. The van der Waals surface area contributed by atoms with Crippen LogP contribution in [0.3, 0.4) is 0 Å². The monoisotopic (exact) mass is 360 g/mol. The zero-order valence-electron chi connectivity index (χ0n) is 15.6. The highest BCUT2D eigenvalue weighted by Crippen LogP contribution is 2.10. The molecule has 0 saturated carbocycles. The van der Waals surface area contributed by atoms with Crippen molar-refractivity contribution in [2.45, 2.75) is 65.6 Å². The number of esters is 1. The second kappa shape index (κ2) is 9.85. The molecule has 9 nitrogen and oxygen atoms in total. The molecule has 0 aliphatic carbocycles. The molecule has 0 rings (SSSR count). The summed E-state index contributed by atoms with van der Waals surface area (Å²) in [5, 5.41) is 11.3. The second-order valence-corrected chi connectivity index (χ2v) is 6.66. The Labute approximate surface area is 147 Å². The van der Waals surface area contributed by atoms with Crippen LogP contribution in [-0.4, -0.2) is 64.8 Å². The van der Waals surface area contributed by atoms with E-state index in [0.717, 1.165) is 4.90 Å². The number of carbonyl (C=O) groups is 4. The molecule has 2 amide bonds. The van der Waals surface area contributed by atoms with E-state index in [1.54, 1.807) is 41.5 Å². The predicted molar refractivity (Wildman–Crippen MR) is 88.9 cm³/mol. The molecule has 25 heavy (non-hydrogen) atoms. The minimum atomic E-state index is -1.36. The van der Waals surface area contributed by atoms with Crippen molar-refractivity contribution in [3.05, 3.63) is 0 Å². The fraction of sp³-hybridized carbons (Fsp3) is 0.750. The van der Waals surface area contributed by atoms with Gasteiger partial charge in [-0.3, -0.25) is 14.4 Å². The molecule has 0 aromatic rings. The van der Waals surface area contributed by atoms with Gasteiger partial charge in [0.05, 0.1) is 13.0 Å². The minimum absolute atomic E-state index is 0.160. The Kier molecular flexibility index (Phi) is 8.94. The summed E-state index contributed by atoms with van der Waals surface area (Å²) in [6, 6.07) is -1.75. The maximum absolute atomic E-state index is 12.6. The number of ether oxygens (including phenoxy) is 2. The van der Waals surface area contributed by atoms with Gasteiger partial charge in [0.15, 0.2) is 0 Å². The molecule has 0 aromatic carbocycles. The Bertz CT molecular complexity index is 497. The topological polar surface area (TPSA) is 122 Å². The van der Waals surface area contributed by atoms with E-state index in [1.165, 1.54) is 0 Å². The summed E-state index contributed by atoms with van der Waals surface area (Å²) in [5.74, 6) is -2.58. The molecule has 0 saturated heterocycles. The third-order valence-electron chi connectivity index (χ3n) is 2.88. The van der Waals surface area contributed by atoms with Gasteiger partial charge in [-0.25, -0.2) is 4.79 Å². The molecule has 0 bridgehead atoms. The van der Waals surface area contributed by atoms with Crippen molar-refractivity contribution < 1.29 is 33.8 Å². The van der Waals surface area contributed by atoms with Crippen LogP contribution >= 0.6 is 0 Å². The summed E-state index contributed by atoms with van der Waals surface area (Å²) in [4.78, 5) is 48.4. The molecule has 144 valence electrons. The molecule has 0 spiro atoms. The molecule has 0 aliphatic rings.